The van der Waals surface area contributed by atoms with E-state index in [9.17, 15) is 14.7 Å². The van der Waals surface area contributed by atoms with Crippen molar-refractivity contribution < 1.29 is 9.84 Å². The van der Waals surface area contributed by atoms with E-state index >= 15 is 0 Å². The fourth-order valence-electron chi connectivity index (χ4n) is 3.97. The average molecular weight is 343 g/mol. The minimum atomic E-state index is -0.799. The lowest BCUT2D eigenvalue weighted by molar-refractivity contribution is 0.280. The van der Waals surface area contributed by atoms with E-state index in [1.165, 1.54) is 0 Å². The van der Waals surface area contributed by atoms with Crippen LogP contribution in [0.25, 0.3) is 0 Å². The van der Waals surface area contributed by atoms with Crippen molar-refractivity contribution in [2.24, 2.45) is 0 Å². The van der Waals surface area contributed by atoms with Crippen LogP contribution < -0.4 is 20.5 Å². The van der Waals surface area contributed by atoms with Crippen molar-refractivity contribution in [2.45, 2.75) is 51.5 Å². The molecule has 0 aromatic heterocycles. The number of ether oxygens (including phenoxy) is 1. The van der Waals surface area contributed by atoms with Crippen LogP contribution in [0.4, 0.5) is 5.69 Å². The summed E-state index contributed by atoms with van der Waals surface area (Å²) in [6, 6.07) is 5.91. The van der Waals surface area contributed by atoms with Gasteiger partial charge in [-0.3, -0.25) is 9.59 Å². The molecule has 1 aliphatic rings. The van der Waals surface area contributed by atoms with Gasteiger partial charge in [-0.1, -0.05) is 27.2 Å². The van der Waals surface area contributed by atoms with Gasteiger partial charge in [0.05, 0.1) is 17.7 Å². The molecule has 0 amide bonds. The summed E-state index contributed by atoms with van der Waals surface area (Å²) in [4.78, 5) is 25.7. The number of unbranched alkanes of at least 4 members (excludes halogenated alkanes) is 1. The number of hydrogen-bond acceptors (Lipinski definition) is 5. The molecule has 134 valence electrons. The van der Waals surface area contributed by atoms with Crippen LogP contribution >= 0.6 is 0 Å². The highest BCUT2D eigenvalue weighted by molar-refractivity contribution is 5.70. The molecule has 0 saturated heterocycles. The maximum atomic E-state index is 12.2. The summed E-state index contributed by atoms with van der Waals surface area (Å²) in [7, 11) is 1.89. The van der Waals surface area contributed by atoms with E-state index in [-0.39, 0.29) is 5.56 Å². The molecule has 0 saturated carbocycles. The average Bonchev–Trinajstić information content (AvgIpc) is 2.74. The summed E-state index contributed by atoms with van der Waals surface area (Å²) in [5, 5.41) is 10.1. The van der Waals surface area contributed by atoms with Crippen molar-refractivity contribution in [3.05, 3.63) is 49.8 Å². The molecule has 2 aromatic rings. The first-order valence-corrected chi connectivity index (χ1v) is 8.71. The number of nitrogens with zero attached hydrogens (tertiary/aromatic N) is 1. The van der Waals surface area contributed by atoms with Gasteiger partial charge < -0.3 is 14.7 Å². The van der Waals surface area contributed by atoms with E-state index in [1.807, 2.05) is 50.9 Å². The third-order valence-corrected chi connectivity index (χ3v) is 6.03. The topological polar surface area (TPSA) is 66.8 Å². The zero-order chi connectivity index (χ0) is 18.6. The number of likely N-dealkylation sites (N-methyl/N-ethyl adjacent to an activating group) is 1. The third kappa shape index (κ3) is 2.14. The molecular formula is C20H25NO4. The number of fused-ring (bicyclic) bond motifs is 1. The van der Waals surface area contributed by atoms with Crippen molar-refractivity contribution in [1.29, 1.82) is 0 Å². The lowest BCUT2D eigenvalue weighted by atomic mass is 9.66. The standard InChI is InChI=1S/C20H25NO4/c1-6-7-10-25-12-8-9-14-13(11-12)19(2,3)20(4,21(14)5)15-16(22)18(24)17(15)23/h8-9,11,22H,6-7,10H2,1-5H3. The fourth-order valence-corrected chi connectivity index (χ4v) is 3.97. The fraction of sp³-hybridized carbons (Fsp3) is 0.500. The lowest BCUT2D eigenvalue weighted by Crippen LogP contribution is -2.56. The molecule has 25 heavy (non-hydrogen) atoms. The Morgan fingerprint density at radius 2 is 1.84 bits per heavy atom. The van der Waals surface area contributed by atoms with Crippen LogP contribution in [0.2, 0.25) is 0 Å². The van der Waals surface area contributed by atoms with Gasteiger partial charge in [0.25, 0.3) is 5.43 Å². The monoisotopic (exact) mass is 343 g/mol. The highest BCUT2D eigenvalue weighted by Crippen LogP contribution is 2.57. The molecule has 1 unspecified atom stereocenters. The predicted octanol–water partition coefficient (Wildman–Crippen LogP) is 2.81. The first kappa shape index (κ1) is 17.5. The highest BCUT2D eigenvalue weighted by atomic mass is 16.5. The van der Waals surface area contributed by atoms with E-state index < -0.39 is 27.6 Å². The summed E-state index contributed by atoms with van der Waals surface area (Å²) in [5.41, 5.74) is -0.448. The van der Waals surface area contributed by atoms with Gasteiger partial charge in [0, 0.05) is 18.2 Å². The Kier molecular flexibility index (Phi) is 3.93. The maximum Gasteiger partial charge on any atom is 0.268 e. The van der Waals surface area contributed by atoms with E-state index in [0.717, 1.165) is 29.8 Å². The predicted molar refractivity (Wildman–Crippen MR) is 98.6 cm³/mol. The quantitative estimate of drug-likeness (QED) is 0.668. The van der Waals surface area contributed by atoms with Gasteiger partial charge in [0.2, 0.25) is 5.43 Å². The second-order valence-corrected chi connectivity index (χ2v) is 7.52. The van der Waals surface area contributed by atoms with Crippen molar-refractivity contribution in [2.75, 3.05) is 18.6 Å². The van der Waals surface area contributed by atoms with Gasteiger partial charge in [-0.15, -0.1) is 0 Å². The molecule has 0 aliphatic carbocycles. The van der Waals surface area contributed by atoms with Gasteiger partial charge in [-0.05, 0) is 37.1 Å². The number of hydrogen-bond donors (Lipinski definition) is 1. The highest BCUT2D eigenvalue weighted by Gasteiger charge is 2.57. The first-order chi connectivity index (χ1) is 11.7. The maximum absolute atomic E-state index is 12.2. The Morgan fingerprint density at radius 3 is 2.44 bits per heavy atom. The Labute approximate surface area is 147 Å². The van der Waals surface area contributed by atoms with E-state index in [4.69, 9.17) is 4.74 Å². The minimum Gasteiger partial charge on any atom is -0.504 e. The number of rotatable bonds is 5. The van der Waals surface area contributed by atoms with Crippen LogP contribution in [0, 0.1) is 0 Å². The first-order valence-electron chi connectivity index (χ1n) is 8.71. The zero-order valence-corrected chi connectivity index (χ0v) is 15.5. The molecule has 0 radical (unpaired) electrons. The van der Waals surface area contributed by atoms with Crippen LogP contribution in [-0.2, 0) is 11.0 Å². The summed E-state index contributed by atoms with van der Waals surface area (Å²) in [6.45, 7) is 8.75. The van der Waals surface area contributed by atoms with Gasteiger partial charge in [-0.25, -0.2) is 0 Å². The minimum absolute atomic E-state index is 0.203. The largest absolute Gasteiger partial charge is 0.504 e. The second-order valence-electron chi connectivity index (χ2n) is 7.52. The Hall–Kier alpha value is -2.30. The molecule has 0 fully saturated rings. The molecule has 1 aliphatic heterocycles. The normalized spacial score (nSPS) is 21.6. The molecular weight excluding hydrogens is 318 g/mol. The van der Waals surface area contributed by atoms with Gasteiger partial charge >= 0.3 is 0 Å². The molecule has 1 atom stereocenters. The molecule has 1 N–H and O–H groups in total. The van der Waals surface area contributed by atoms with Gasteiger partial charge in [0.15, 0.2) is 5.75 Å². The molecule has 5 heteroatoms. The van der Waals surface area contributed by atoms with Crippen molar-refractivity contribution in [3.8, 4) is 11.5 Å². The van der Waals surface area contributed by atoms with Crippen LogP contribution in [0.5, 0.6) is 11.5 Å². The summed E-state index contributed by atoms with van der Waals surface area (Å²) in [5.74, 6) is 0.395. The smallest absolute Gasteiger partial charge is 0.268 e. The molecule has 5 nitrogen and oxygen atoms in total. The van der Waals surface area contributed by atoms with Gasteiger partial charge in [-0.2, -0.15) is 0 Å². The van der Waals surface area contributed by atoms with Crippen molar-refractivity contribution in [1.82, 2.24) is 0 Å². The second kappa shape index (κ2) is 5.61. The number of benzene rings is 1. The number of anilines is 1. The summed E-state index contributed by atoms with van der Waals surface area (Å²) in [6.07, 6.45) is 2.07. The molecule has 0 bridgehead atoms. The lowest BCUT2D eigenvalue weighted by Gasteiger charge is -2.44. The molecule has 1 heterocycles. The Balaban J connectivity index is 2.08. The molecule has 3 rings (SSSR count). The molecule has 0 spiro atoms. The molecule has 2 aromatic carbocycles. The Bertz CT molecular complexity index is 892. The number of aromatic hydroxyl groups is 1. The zero-order valence-electron chi connectivity index (χ0n) is 15.5. The van der Waals surface area contributed by atoms with E-state index in [2.05, 4.69) is 6.92 Å². The van der Waals surface area contributed by atoms with Crippen molar-refractivity contribution in [3.63, 3.8) is 0 Å². The van der Waals surface area contributed by atoms with Crippen molar-refractivity contribution >= 4 is 5.69 Å². The van der Waals surface area contributed by atoms with E-state index in [1.54, 1.807) is 0 Å². The van der Waals surface area contributed by atoms with Gasteiger partial charge in [0.1, 0.15) is 5.75 Å². The van der Waals surface area contributed by atoms with Crippen LogP contribution in [0.15, 0.2) is 27.8 Å². The summed E-state index contributed by atoms with van der Waals surface area (Å²) >= 11 is 0. The van der Waals surface area contributed by atoms with E-state index in [0.29, 0.717) is 6.61 Å². The van der Waals surface area contributed by atoms with Crippen LogP contribution in [0.3, 0.4) is 0 Å². The third-order valence-electron chi connectivity index (χ3n) is 6.03. The summed E-state index contributed by atoms with van der Waals surface area (Å²) < 4.78 is 5.83. The SMILES string of the molecule is CCCCOc1ccc2c(c1)C(C)(C)C(C)(c1c(O)c(=O)c1=O)N2C. The Morgan fingerprint density at radius 1 is 1.16 bits per heavy atom. The van der Waals surface area contributed by atoms with Crippen LogP contribution in [0.1, 0.15) is 51.7 Å². The van der Waals surface area contributed by atoms with Crippen LogP contribution in [-0.4, -0.2) is 18.8 Å².